The molecule has 4 nitrogen and oxygen atoms in total. The van der Waals surface area contributed by atoms with Gasteiger partial charge < -0.3 is 5.73 Å². The molecule has 0 saturated carbocycles. The van der Waals surface area contributed by atoms with E-state index in [1.54, 1.807) is 12.4 Å². The number of aryl methyl sites for hydroxylation is 1. The van der Waals surface area contributed by atoms with Gasteiger partial charge in [-0.05, 0) is 13.0 Å². The molecule has 0 aliphatic rings. The molecular formula is C8H8N4. The van der Waals surface area contributed by atoms with Gasteiger partial charge in [0.2, 0.25) is 5.95 Å². The van der Waals surface area contributed by atoms with Crippen molar-refractivity contribution in [3.05, 3.63) is 24.2 Å². The number of pyridine rings is 1. The van der Waals surface area contributed by atoms with E-state index in [1.807, 2.05) is 13.0 Å². The molecule has 0 unspecified atom stereocenters. The van der Waals surface area contributed by atoms with E-state index in [0.717, 1.165) is 16.6 Å². The second-order valence-electron chi connectivity index (χ2n) is 2.61. The Labute approximate surface area is 69.5 Å². The van der Waals surface area contributed by atoms with Gasteiger partial charge in [0, 0.05) is 17.3 Å². The van der Waals surface area contributed by atoms with Gasteiger partial charge in [-0.25, -0.2) is 9.97 Å². The van der Waals surface area contributed by atoms with Crippen molar-refractivity contribution >= 4 is 16.9 Å². The molecule has 0 aliphatic heterocycles. The number of hydrogen-bond donors (Lipinski definition) is 1. The van der Waals surface area contributed by atoms with Crippen LogP contribution in [0.2, 0.25) is 0 Å². The van der Waals surface area contributed by atoms with Crippen molar-refractivity contribution in [2.24, 2.45) is 0 Å². The number of anilines is 1. The van der Waals surface area contributed by atoms with Crippen molar-refractivity contribution in [1.29, 1.82) is 0 Å². The highest BCUT2D eigenvalue weighted by Crippen LogP contribution is 2.10. The van der Waals surface area contributed by atoms with Gasteiger partial charge in [-0.2, -0.15) is 0 Å². The molecule has 0 radical (unpaired) electrons. The molecule has 0 fully saturated rings. The molecule has 0 bridgehead atoms. The Balaban J connectivity index is 2.79. The zero-order valence-electron chi connectivity index (χ0n) is 6.65. The number of nitrogens with two attached hydrogens (primary N) is 1. The van der Waals surface area contributed by atoms with E-state index < -0.39 is 0 Å². The van der Waals surface area contributed by atoms with Crippen LogP contribution in [0.15, 0.2) is 18.5 Å². The zero-order chi connectivity index (χ0) is 8.55. The summed E-state index contributed by atoms with van der Waals surface area (Å²) in [5.74, 6) is 0.285. The van der Waals surface area contributed by atoms with Gasteiger partial charge in [0.05, 0.1) is 11.7 Å². The van der Waals surface area contributed by atoms with Gasteiger partial charge in [-0.3, -0.25) is 4.98 Å². The maximum atomic E-state index is 5.41. The van der Waals surface area contributed by atoms with Crippen molar-refractivity contribution in [2.45, 2.75) is 6.92 Å². The van der Waals surface area contributed by atoms with Crippen molar-refractivity contribution in [1.82, 2.24) is 15.0 Å². The predicted octanol–water partition coefficient (Wildman–Crippen LogP) is 0.915. The molecule has 0 atom stereocenters. The van der Waals surface area contributed by atoms with Crippen LogP contribution in [0.4, 0.5) is 5.95 Å². The second-order valence-corrected chi connectivity index (χ2v) is 2.61. The van der Waals surface area contributed by atoms with Crippen LogP contribution >= 0.6 is 0 Å². The standard InChI is InChI=1S/C8H8N4/c1-5-2-6-3-11-8(9)12-7(6)4-10-5/h2-4H,1H3,(H2,9,11,12). The first-order valence-electron chi connectivity index (χ1n) is 3.60. The summed E-state index contributed by atoms with van der Waals surface area (Å²) in [7, 11) is 0. The molecule has 0 saturated heterocycles. The molecule has 2 aromatic rings. The summed E-state index contributed by atoms with van der Waals surface area (Å²) in [5.41, 5.74) is 7.15. The fraction of sp³-hybridized carbons (Fsp3) is 0.125. The fourth-order valence-corrected chi connectivity index (χ4v) is 1.06. The number of nitrogens with zero attached hydrogens (tertiary/aromatic N) is 3. The first kappa shape index (κ1) is 6.97. The summed E-state index contributed by atoms with van der Waals surface area (Å²) in [5, 5.41) is 0.969. The van der Waals surface area contributed by atoms with Gasteiger partial charge in [-0.15, -0.1) is 0 Å². The molecule has 0 amide bonds. The van der Waals surface area contributed by atoms with E-state index in [0.29, 0.717) is 0 Å². The van der Waals surface area contributed by atoms with Crippen LogP contribution in [-0.2, 0) is 0 Å². The highest BCUT2D eigenvalue weighted by molar-refractivity contribution is 5.77. The Kier molecular flexibility index (Phi) is 1.40. The smallest absolute Gasteiger partial charge is 0.220 e. The Morgan fingerprint density at radius 3 is 2.92 bits per heavy atom. The Hall–Kier alpha value is -1.71. The number of fused-ring (bicyclic) bond motifs is 1. The molecule has 2 N–H and O–H groups in total. The molecule has 2 heterocycles. The normalized spacial score (nSPS) is 10.4. The van der Waals surface area contributed by atoms with Crippen LogP contribution < -0.4 is 5.73 Å². The van der Waals surface area contributed by atoms with Crippen molar-refractivity contribution in [3.63, 3.8) is 0 Å². The zero-order valence-corrected chi connectivity index (χ0v) is 6.65. The molecule has 4 heteroatoms. The third-order valence-corrected chi connectivity index (χ3v) is 1.62. The Morgan fingerprint density at radius 1 is 1.25 bits per heavy atom. The van der Waals surface area contributed by atoms with Crippen molar-refractivity contribution in [2.75, 3.05) is 5.73 Å². The first-order valence-corrected chi connectivity index (χ1v) is 3.60. The maximum absolute atomic E-state index is 5.41. The minimum Gasteiger partial charge on any atom is -0.368 e. The lowest BCUT2D eigenvalue weighted by atomic mass is 10.3. The lowest BCUT2D eigenvalue weighted by molar-refractivity contribution is 1.18. The van der Waals surface area contributed by atoms with Gasteiger partial charge in [0.25, 0.3) is 0 Å². The van der Waals surface area contributed by atoms with E-state index in [1.165, 1.54) is 0 Å². The third-order valence-electron chi connectivity index (χ3n) is 1.62. The van der Waals surface area contributed by atoms with E-state index in [9.17, 15) is 0 Å². The molecule has 12 heavy (non-hydrogen) atoms. The van der Waals surface area contributed by atoms with Crippen molar-refractivity contribution in [3.8, 4) is 0 Å². The number of aromatic nitrogens is 3. The van der Waals surface area contributed by atoms with E-state index in [2.05, 4.69) is 15.0 Å². The van der Waals surface area contributed by atoms with Gasteiger partial charge >= 0.3 is 0 Å². The van der Waals surface area contributed by atoms with Crippen LogP contribution in [0.1, 0.15) is 5.69 Å². The van der Waals surface area contributed by atoms with E-state index >= 15 is 0 Å². The van der Waals surface area contributed by atoms with Gasteiger partial charge in [0.1, 0.15) is 0 Å². The van der Waals surface area contributed by atoms with Gasteiger partial charge in [-0.1, -0.05) is 0 Å². The van der Waals surface area contributed by atoms with Crippen LogP contribution in [0.3, 0.4) is 0 Å². The highest BCUT2D eigenvalue weighted by atomic mass is 15.0. The average molecular weight is 160 g/mol. The van der Waals surface area contributed by atoms with E-state index in [-0.39, 0.29) is 5.95 Å². The SMILES string of the molecule is Cc1cc2cnc(N)nc2cn1. The summed E-state index contributed by atoms with van der Waals surface area (Å²) in [6.07, 6.45) is 3.40. The predicted molar refractivity (Wildman–Crippen MR) is 46.5 cm³/mol. The molecule has 2 rings (SSSR count). The van der Waals surface area contributed by atoms with Crippen LogP contribution in [0, 0.1) is 6.92 Å². The summed E-state index contributed by atoms with van der Waals surface area (Å²) >= 11 is 0. The maximum Gasteiger partial charge on any atom is 0.220 e. The number of hydrogen-bond acceptors (Lipinski definition) is 4. The fourth-order valence-electron chi connectivity index (χ4n) is 1.06. The highest BCUT2D eigenvalue weighted by Gasteiger charge is 1.96. The number of nitrogen functional groups attached to an aromatic ring is 1. The minimum absolute atomic E-state index is 0.285. The topological polar surface area (TPSA) is 64.7 Å². The Morgan fingerprint density at radius 2 is 2.08 bits per heavy atom. The summed E-state index contributed by atoms with van der Waals surface area (Å²) < 4.78 is 0. The molecule has 0 spiro atoms. The quantitative estimate of drug-likeness (QED) is 0.622. The monoisotopic (exact) mass is 160 g/mol. The summed E-state index contributed by atoms with van der Waals surface area (Å²) in [6.45, 7) is 1.93. The Bertz CT molecular complexity index is 383. The molecule has 2 aromatic heterocycles. The lowest BCUT2D eigenvalue weighted by Gasteiger charge is -1.97. The largest absolute Gasteiger partial charge is 0.368 e. The van der Waals surface area contributed by atoms with Crippen LogP contribution in [0.5, 0.6) is 0 Å². The summed E-state index contributed by atoms with van der Waals surface area (Å²) in [6, 6.07) is 1.93. The molecule has 60 valence electrons. The molecule has 0 aliphatic carbocycles. The van der Waals surface area contributed by atoms with E-state index in [4.69, 9.17) is 5.73 Å². The first-order chi connectivity index (χ1) is 5.75. The number of rotatable bonds is 0. The van der Waals surface area contributed by atoms with Gasteiger partial charge in [0.15, 0.2) is 0 Å². The lowest BCUT2D eigenvalue weighted by Crippen LogP contribution is -1.94. The third kappa shape index (κ3) is 1.07. The summed E-state index contributed by atoms with van der Waals surface area (Å²) in [4.78, 5) is 12.0. The minimum atomic E-state index is 0.285. The molecule has 0 aromatic carbocycles. The van der Waals surface area contributed by atoms with Crippen molar-refractivity contribution < 1.29 is 0 Å². The van der Waals surface area contributed by atoms with Crippen LogP contribution in [-0.4, -0.2) is 15.0 Å². The average Bonchev–Trinajstić information content (AvgIpc) is 2.05. The molecular weight excluding hydrogens is 152 g/mol. The second kappa shape index (κ2) is 2.41. The van der Waals surface area contributed by atoms with Crippen LogP contribution in [0.25, 0.3) is 10.9 Å².